The van der Waals surface area contributed by atoms with Crippen LogP contribution in [-0.2, 0) is 11.2 Å². The molecule has 23 heavy (non-hydrogen) atoms. The molecule has 1 aliphatic carbocycles. The number of ether oxygens (including phenoxy) is 2. The van der Waals surface area contributed by atoms with Crippen LogP contribution in [0.15, 0.2) is 42.7 Å². The third-order valence-corrected chi connectivity index (χ3v) is 3.89. The van der Waals surface area contributed by atoms with Gasteiger partial charge in [-0.3, -0.25) is 4.79 Å². The summed E-state index contributed by atoms with van der Waals surface area (Å²) in [7, 11) is 0. The summed E-state index contributed by atoms with van der Waals surface area (Å²) in [5, 5.41) is 1.05. The fourth-order valence-corrected chi connectivity index (χ4v) is 2.79. The van der Waals surface area contributed by atoms with Crippen molar-refractivity contribution >= 4 is 16.7 Å². The molecule has 0 unspecified atom stereocenters. The van der Waals surface area contributed by atoms with E-state index in [1.54, 1.807) is 12.3 Å². The number of nitrogens with one attached hydrogen (secondary N) is 1. The Morgan fingerprint density at radius 2 is 2.17 bits per heavy atom. The van der Waals surface area contributed by atoms with Crippen molar-refractivity contribution in [3.05, 3.63) is 53.9 Å². The van der Waals surface area contributed by atoms with Crippen LogP contribution < -0.4 is 4.74 Å². The van der Waals surface area contributed by atoms with Crippen LogP contribution in [0, 0.1) is 0 Å². The number of hydrogen-bond acceptors (Lipinski definition) is 3. The molecule has 0 bridgehead atoms. The van der Waals surface area contributed by atoms with Gasteiger partial charge in [-0.25, -0.2) is 0 Å². The number of rotatable bonds is 5. The number of allylic oxidation sites excluding steroid dienone is 1. The number of fused-ring (bicyclic) bond motifs is 3. The number of aromatic nitrogens is 1. The highest BCUT2D eigenvalue weighted by molar-refractivity contribution is 6.12. The first kappa shape index (κ1) is 15.4. The van der Waals surface area contributed by atoms with Gasteiger partial charge in [-0.1, -0.05) is 12.7 Å². The summed E-state index contributed by atoms with van der Waals surface area (Å²) < 4.78 is 11.1. The average Bonchev–Trinajstić information content (AvgIpc) is 2.91. The van der Waals surface area contributed by atoms with Gasteiger partial charge in [0.1, 0.15) is 12.4 Å². The maximum atomic E-state index is 12.6. The third kappa shape index (κ3) is 3.02. The summed E-state index contributed by atoms with van der Waals surface area (Å²) in [6, 6.07) is 5.84. The molecule has 4 nitrogen and oxygen atoms in total. The van der Waals surface area contributed by atoms with E-state index in [-0.39, 0.29) is 11.9 Å². The van der Waals surface area contributed by atoms with E-state index in [2.05, 4.69) is 11.6 Å². The molecule has 0 spiro atoms. The summed E-state index contributed by atoms with van der Waals surface area (Å²) in [5.41, 5.74) is 3.42. The second-order valence-corrected chi connectivity index (χ2v) is 5.94. The summed E-state index contributed by atoms with van der Waals surface area (Å²) in [6.07, 6.45) is 4.92. The third-order valence-electron chi connectivity index (χ3n) is 3.89. The van der Waals surface area contributed by atoms with Gasteiger partial charge in [-0.05, 0) is 50.5 Å². The molecule has 0 radical (unpaired) electrons. The van der Waals surface area contributed by atoms with Crippen LogP contribution in [0.3, 0.4) is 0 Å². The van der Waals surface area contributed by atoms with Crippen molar-refractivity contribution in [3.8, 4) is 5.75 Å². The van der Waals surface area contributed by atoms with Crippen molar-refractivity contribution in [1.29, 1.82) is 0 Å². The van der Waals surface area contributed by atoms with Crippen LogP contribution in [0.5, 0.6) is 5.75 Å². The normalized spacial score (nSPS) is 16.0. The van der Waals surface area contributed by atoms with Gasteiger partial charge in [0.05, 0.1) is 18.1 Å². The maximum absolute atomic E-state index is 12.6. The molecule has 3 rings (SSSR count). The van der Waals surface area contributed by atoms with Crippen LogP contribution in [-0.4, -0.2) is 23.5 Å². The van der Waals surface area contributed by atoms with Crippen molar-refractivity contribution in [1.82, 2.24) is 4.98 Å². The number of Topliss-reactive ketones (excluding diaryl/α,β-unsaturated/α-hetero) is 1. The van der Waals surface area contributed by atoms with Gasteiger partial charge in [-0.15, -0.1) is 0 Å². The van der Waals surface area contributed by atoms with E-state index in [4.69, 9.17) is 9.47 Å². The lowest BCUT2D eigenvalue weighted by molar-refractivity contribution is 0.101. The minimum atomic E-state index is 0.0247. The lowest BCUT2D eigenvalue weighted by Crippen LogP contribution is -2.14. The lowest BCUT2D eigenvalue weighted by atomic mass is 9.91. The number of H-pyrrole nitrogens is 1. The van der Waals surface area contributed by atoms with E-state index < -0.39 is 0 Å². The highest BCUT2D eigenvalue weighted by Gasteiger charge is 2.26. The van der Waals surface area contributed by atoms with Crippen molar-refractivity contribution in [2.75, 3.05) is 6.61 Å². The molecule has 1 aromatic heterocycles. The van der Waals surface area contributed by atoms with Gasteiger partial charge in [0, 0.05) is 16.5 Å². The molecule has 2 aromatic rings. The predicted octanol–water partition coefficient (Wildman–Crippen LogP) is 4.17. The molecular weight excluding hydrogens is 290 g/mol. The standard InChI is InChI=1S/C19H21NO3/c1-4-9-22-14-6-8-17-16(10-14)15-7-5-13(11-23-12(2)3)19(21)18(15)20-17/h4,6,8,10-12,20H,1,5,7,9H2,2-3H3. The zero-order chi connectivity index (χ0) is 16.4. The fourth-order valence-electron chi connectivity index (χ4n) is 2.79. The van der Waals surface area contributed by atoms with Gasteiger partial charge in [0.25, 0.3) is 0 Å². The Kier molecular flexibility index (Phi) is 4.24. The van der Waals surface area contributed by atoms with Crippen molar-refractivity contribution < 1.29 is 14.3 Å². The van der Waals surface area contributed by atoms with Crippen molar-refractivity contribution in [2.24, 2.45) is 0 Å². The number of aromatic amines is 1. The van der Waals surface area contributed by atoms with Crippen LogP contribution in [0.1, 0.15) is 36.3 Å². The van der Waals surface area contributed by atoms with E-state index in [1.165, 1.54) is 0 Å². The molecule has 120 valence electrons. The van der Waals surface area contributed by atoms with E-state index >= 15 is 0 Å². The van der Waals surface area contributed by atoms with Crippen LogP contribution >= 0.6 is 0 Å². The van der Waals surface area contributed by atoms with Gasteiger partial charge < -0.3 is 14.5 Å². The molecule has 0 amide bonds. The smallest absolute Gasteiger partial charge is 0.208 e. The Morgan fingerprint density at radius 1 is 1.35 bits per heavy atom. The minimum absolute atomic E-state index is 0.0247. The van der Waals surface area contributed by atoms with Gasteiger partial charge in [0.2, 0.25) is 5.78 Å². The Morgan fingerprint density at radius 3 is 2.91 bits per heavy atom. The highest BCUT2D eigenvalue weighted by atomic mass is 16.5. The van der Waals surface area contributed by atoms with Crippen LogP contribution in [0.4, 0.5) is 0 Å². The Balaban J connectivity index is 1.96. The van der Waals surface area contributed by atoms with E-state index in [0.717, 1.165) is 34.2 Å². The van der Waals surface area contributed by atoms with E-state index in [0.29, 0.717) is 18.7 Å². The molecule has 1 aliphatic rings. The topological polar surface area (TPSA) is 51.3 Å². The molecule has 1 aromatic carbocycles. The lowest BCUT2D eigenvalue weighted by Gasteiger charge is -2.15. The summed E-state index contributed by atoms with van der Waals surface area (Å²) in [5.74, 6) is 0.813. The number of carbonyl (C=O) groups excluding carboxylic acids is 1. The van der Waals surface area contributed by atoms with Crippen molar-refractivity contribution in [2.45, 2.75) is 32.8 Å². The molecule has 0 saturated heterocycles. The second-order valence-electron chi connectivity index (χ2n) is 5.94. The van der Waals surface area contributed by atoms with Crippen LogP contribution in [0.2, 0.25) is 0 Å². The average molecular weight is 311 g/mol. The SMILES string of the molecule is C=CCOc1ccc2[nH]c3c(c2c1)CCC(=COC(C)C)C3=O. The maximum Gasteiger partial charge on any atom is 0.208 e. The van der Waals surface area contributed by atoms with E-state index in [9.17, 15) is 4.79 Å². The Bertz CT molecular complexity index is 783. The monoisotopic (exact) mass is 311 g/mol. The first-order valence-electron chi connectivity index (χ1n) is 7.87. The molecule has 0 atom stereocenters. The quantitative estimate of drug-likeness (QED) is 0.512. The number of ketones is 1. The predicted molar refractivity (Wildman–Crippen MR) is 90.9 cm³/mol. The Hall–Kier alpha value is -2.49. The molecule has 1 N–H and O–H groups in total. The number of carbonyl (C=O) groups is 1. The number of aryl methyl sites for hydroxylation is 1. The second kappa shape index (κ2) is 6.32. The first-order chi connectivity index (χ1) is 11.1. The summed E-state index contributed by atoms with van der Waals surface area (Å²) in [6.45, 7) is 8.02. The molecular formula is C19H21NO3. The largest absolute Gasteiger partial charge is 0.498 e. The number of hydrogen-bond donors (Lipinski definition) is 1. The highest BCUT2D eigenvalue weighted by Crippen LogP contribution is 2.33. The zero-order valence-corrected chi connectivity index (χ0v) is 13.5. The van der Waals surface area contributed by atoms with E-state index in [1.807, 2.05) is 32.0 Å². The summed E-state index contributed by atoms with van der Waals surface area (Å²) in [4.78, 5) is 15.9. The molecule has 4 heteroatoms. The molecule has 1 heterocycles. The molecule has 0 aliphatic heterocycles. The zero-order valence-electron chi connectivity index (χ0n) is 13.5. The Labute approximate surface area is 135 Å². The van der Waals surface area contributed by atoms with Gasteiger partial charge in [-0.2, -0.15) is 0 Å². The molecule has 0 fully saturated rings. The van der Waals surface area contributed by atoms with Crippen LogP contribution in [0.25, 0.3) is 10.9 Å². The minimum Gasteiger partial charge on any atom is -0.498 e. The first-order valence-corrected chi connectivity index (χ1v) is 7.87. The summed E-state index contributed by atoms with van der Waals surface area (Å²) >= 11 is 0. The number of benzene rings is 1. The van der Waals surface area contributed by atoms with Gasteiger partial charge >= 0.3 is 0 Å². The fraction of sp³-hybridized carbons (Fsp3) is 0.316. The van der Waals surface area contributed by atoms with Crippen molar-refractivity contribution in [3.63, 3.8) is 0 Å². The molecule has 0 saturated carbocycles. The van der Waals surface area contributed by atoms with Gasteiger partial charge in [0.15, 0.2) is 0 Å².